The lowest BCUT2D eigenvalue weighted by atomic mass is 9.93. The molecule has 0 spiro atoms. The molecular weight excluding hydrogens is 301 g/mol. The van der Waals surface area contributed by atoms with Crippen molar-refractivity contribution in [3.05, 3.63) is 24.0 Å². The summed E-state index contributed by atoms with van der Waals surface area (Å²) in [4.78, 5) is 11.8. The second-order valence-corrected chi connectivity index (χ2v) is 5.13. The first kappa shape index (κ1) is 16.4. The van der Waals surface area contributed by atoms with Gasteiger partial charge in [0.15, 0.2) is 11.6 Å². The van der Waals surface area contributed by atoms with Crippen LogP contribution in [0.15, 0.2) is 18.2 Å². The summed E-state index contributed by atoms with van der Waals surface area (Å²) < 4.78 is 41.5. The largest absolute Gasteiger partial charge is 0.432 e. The third kappa shape index (κ3) is 4.80. The standard InChI is InChI=1S/C14H17F3N2O3/c15-11-7-9(3-6-12(11)22-13(16)17)19-14(21)18-8-1-4-10(20)5-2-8/h3,6-8,10,13,20H,1-2,4-5H2,(H2,18,19,21). The monoisotopic (exact) mass is 318 g/mol. The fraction of sp³-hybridized carbons (Fsp3) is 0.500. The molecule has 1 aromatic rings. The van der Waals surface area contributed by atoms with Crippen LogP contribution in [0.5, 0.6) is 5.75 Å². The predicted octanol–water partition coefficient (Wildman–Crippen LogP) is 2.85. The molecule has 1 aliphatic carbocycles. The third-order valence-electron chi connectivity index (χ3n) is 3.44. The van der Waals surface area contributed by atoms with Crippen molar-refractivity contribution in [2.75, 3.05) is 5.32 Å². The van der Waals surface area contributed by atoms with Gasteiger partial charge in [-0.1, -0.05) is 0 Å². The third-order valence-corrected chi connectivity index (χ3v) is 3.44. The SMILES string of the molecule is O=C(Nc1ccc(OC(F)F)c(F)c1)NC1CCC(O)CC1. The summed E-state index contributed by atoms with van der Waals surface area (Å²) in [7, 11) is 0. The van der Waals surface area contributed by atoms with Gasteiger partial charge in [0, 0.05) is 17.8 Å². The van der Waals surface area contributed by atoms with E-state index in [0.717, 1.165) is 12.1 Å². The highest BCUT2D eigenvalue weighted by Gasteiger charge is 2.21. The minimum Gasteiger partial charge on any atom is -0.432 e. The number of alkyl halides is 2. The Morgan fingerprint density at radius 1 is 1.27 bits per heavy atom. The number of hydrogen-bond acceptors (Lipinski definition) is 3. The molecule has 0 atom stereocenters. The maximum absolute atomic E-state index is 13.5. The van der Waals surface area contributed by atoms with Gasteiger partial charge in [-0.05, 0) is 37.8 Å². The highest BCUT2D eigenvalue weighted by Crippen LogP contribution is 2.23. The van der Waals surface area contributed by atoms with Crippen LogP contribution in [0.3, 0.4) is 0 Å². The lowest BCUT2D eigenvalue weighted by Gasteiger charge is -2.26. The molecule has 5 nitrogen and oxygen atoms in total. The number of nitrogens with one attached hydrogen (secondary N) is 2. The minimum absolute atomic E-state index is 0.0466. The summed E-state index contributed by atoms with van der Waals surface area (Å²) in [5.74, 6) is -1.57. The first-order chi connectivity index (χ1) is 10.4. The van der Waals surface area contributed by atoms with Gasteiger partial charge >= 0.3 is 12.6 Å². The van der Waals surface area contributed by atoms with E-state index in [1.165, 1.54) is 6.07 Å². The summed E-state index contributed by atoms with van der Waals surface area (Å²) in [6.07, 6.45) is 2.27. The highest BCUT2D eigenvalue weighted by molar-refractivity contribution is 5.89. The van der Waals surface area contributed by atoms with Crippen LogP contribution in [0.2, 0.25) is 0 Å². The van der Waals surface area contributed by atoms with Crippen LogP contribution in [0.4, 0.5) is 23.7 Å². The van der Waals surface area contributed by atoms with Gasteiger partial charge in [-0.25, -0.2) is 9.18 Å². The van der Waals surface area contributed by atoms with E-state index < -0.39 is 24.2 Å². The van der Waals surface area contributed by atoms with Crippen LogP contribution in [0, 0.1) is 5.82 Å². The summed E-state index contributed by atoms with van der Waals surface area (Å²) in [6, 6.07) is 2.64. The molecule has 1 fully saturated rings. The molecule has 0 aromatic heterocycles. The molecule has 0 heterocycles. The molecule has 8 heteroatoms. The second-order valence-electron chi connectivity index (χ2n) is 5.13. The van der Waals surface area contributed by atoms with Crippen molar-refractivity contribution in [2.24, 2.45) is 0 Å². The Morgan fingerprint density at radius 3 is 2.55 bits per heavy atom. The van der Waals surface area contributed by atoms with E-state index in [0.29, 0.717) is 25.7 Å². The molecule has 1 aliphatic rings. The molecule has 1 aromatic carbocycles. The van der Waals surface area contributed by atoms with E-state index in [1.54, 1.807) is 0 Å². The Hall–Kier alpha value is -1.96. The normalized spacial score (nSPS) is 21.5. The molecule has 0 unspecified atom stereocenters. The number of rotatable bonds is 4. The Morgan fingerprint density at radius 2 is 1.95 bits per heavy atom. The Bertz CT molecular complexity index is 520. The van der Waals surface area contributed by atoms with Gasteiger partial charge < -0.3 is 20.5 Å². The quantitative estimate of drug-likeness (QED) is 0.799. The van der Waals surface area contributed by atoms with Gasteiger partial charge in [-0.3, -0.25) is 0 Å². The fourth-order valence-corrected chi connectivity index (χ4v) is 2.34. The molecule has 22 heavy (non-hydrogen) atoms. The summed E-state index contributed by atoms with van der Waals surface area (Å²) in [6.45, 7) is -3.11. The number of hydrogen-bond donors (Lipinski definition) is 3. The van der Waals surface area contributed by atoms with E-state index in [9.17, 15) is 23.1 Å². The Kier molecular flexibility index (Phi) is 5.48. The van der Waals surface area contributed by atoms with Crippen molar-refractivity contribution in [2.45, 2.75) is 44.4 Å². The Labute approximate surface area is 125 Å². The number of benzene rings is 1. The molecule has 0 saturated heterocycles. The highest BCUT2D eigenvalue weighted by atomic mass is 19.3. The lowest BCUT2D eigenvalue weighted by Crippen LogP contribution is -2.40. The van der Waals surface area contributed by atoms with Crippen molar-refractivity contribution in [3.8, 4) is 5.75 Å². The van der Waals surface area contributed by atoms with Gasteiger partial charge in [-0.2, -0.15) is 8.78 Å². The van der Waals surface area contributed by atoms with Crippen molar-refractivity contribution in [1.29, 1.82) is 0 Å². The number of carbonyl (C=O) groups is 1. The second kappa shape index (κ2) is 7.35. The molecule has 0 aliphatic heterocycles. The average molecular weight is 318 g/mol. The van der Waals surface area contributed by atoms with Gasteiger partial charge in [0.2, 0.25) is 0 Å². The summed E-state index contributed by atoms with van der Waals surface area (Å²) in [5, 5.41) is 14.5. The lowest BCUT2D eigenvalue weighted by molar-refractivity contribution is -0.0521. The molecule has 1 saturated carbocycles. The van der Waals surface area contributed by atoms with Crippen LogP contribution in [-0.2, 0) is 0 Å². The number of ether oxygens (including phenoxy) is 1. The van der Waals surface area contributed by atoms with Crippen molar-refractivity contribution < 1.29 is 27.8 Å². The molecule has 0 radical (unpaired) electrons. The number of anilines is 1. The minimum atomic E-state index is -3.11. The topological polar surface area (TPSA) is 70.6 Å². The molecule has 2 rings (SSSR count). The van der Waals surface area contributed by atoms with Crippen LogP contribution in [0.25, 0.3) is 0 Å². The fourth-order valence-electron chi connectivity index (χ4n) is 2.34. The maximum Gasteiger partial charge on any atom is 0.387 e. The van der Waals surface area contributed by atoms with E-state index in [-0.39, 0.29) is 17.8 Å². The van der Waals surface area contributed by atoms with Gasteiger partial charge in [-0.15, -0.1) is 0 Å². The molecule has 0 bridgehead atoms. The molecule has 122 valence electrons. The number of carbonyl (C=O) groups excluding carboxylic acids is 1. The maximum atomic E-state index is 13.5. The van der Waals surface area contributed by atoms with Crippen molar-refractivity contribution in [3.63, 3.8) is 0 Å². The number of aliphatic hydroxyl groups is 1. The summed E-state index contributed by atoms with van der Waals surface area (Å²) in [5.41, 5.74) is 0.132. The zero-order valence-corrected chi connectivity index (χ0v) is 11.7. The van der Waals surface area contributed by atoms with Crippen LogP contribution < -0.4 is 15.4 Å². The smallest absolute Gasteiger partial charge is 0.387 e. The Balaban J connectivity index is 1.87. The number of amides is 2. The zero-order chi connectivity index (χ0) is 16.1. The number of halogens is 3. The molecule has 3 N–H and O–H groups in total. The van der Waals surface area contributed by atoms with Gasteiger partial charge in [0.05, 0.1) is 6.10 Å². The molecular formula is C14H17F3N2O3. The number of urea groups is 1. The summed E-state index contributed by atoms with van der Waals surface area (Å²) >= 11 is 0. The predicted molar refractivity (Wildman–Crippen MR) is 73.4 cm³/mol. The zero-order valence-electron chi connectivity index (χ0n) is 11.7. The number of aliphatic hydroxyl groups excluding tert-OH is 1. The van der Waals surface area contributed by atoms with E-state index >= 15 is 0 Å². The van der Waals surface area contributed by atoms with E-state index in [1.807, 2.05) is 0 Å². The van der Waals surface area contributed by atoms with E-state index in [4.69, 9.17) is 0 Å². The van der Waals surface area contributed by atoms with Crippen molar-refractivity contribution in [1.82, 2.24) is 5.32 Å². The van der Waals surface area contributed by atoms with E-state index in [2.05, 4.69) is 15.4 Å². The first-order valence-electron chi connectivity index (χ1n) is 6.94. The first-order valence-corrected chi connectivity index (χ1v) is 6.94. The van der Waals surface area contributed by atoms with Crippen LogP contribution >= 0.6 is 0 Å². The van der Waals surface area contributed by atoms with Crippen molar-refractivity contribution >= 4 is 11.7 Å². The van der Waals surface area contributed by atoms with Gasteiger partial charge in [0.25, 0.3) is 0 Å². The molecule has 2 amide bonds. The van der Waals surface area contributed by atoms with Crippen LogP contribution in [0.1, 0.15) is 25.7 Å². The average Bonchev–Trinajstić information content (AvgIpc) is 2.44. The van der Waals surface area contributed by atoms with Gasteiger partial charge in [0.1, 0.15) is 0 Å². The van der Waals surface area contributed by atoms with Crippen LogP contribution in [-0.4, -0.2) is 29.9 Å².